The van der Waals surface area contributed by atoms with Gasteiger partial charge < -0.3 is 10.4 Å². The zero-order valence-electron chi connectivity index (χ0n) is 13.5. The fourth-order valence-electron chi connectivity index (χ4n) is 3.44. The number of carbonyl (C=O) groups excluding carboxylic acids is 1. The first-order chi connectivity index (χ1) is 11.4. The van der Waals surface area contributed by atoms with Gasteiger partial charge in [-0.25, -0.2) is 14.5 Å². The molecule has 8 heteroatoms. The number of halogens is 1. The zero-order valence-corrected chi connectivity index (χ0v) is 14.3. The number of hydrogen-bond acceptors (Lipinski definition) is 5. The van der Waals surface area contributed by atoms with E-state index in [2.05, 4.69) is 15.4 Å². The minimum Gasteiger partial charge on any atom is -0.478 e. The first-order valence-corrected chi connectivity index (χ1v) is 8.27. The Labute approximate surface area is 144 Å². The number of ketones is 1. The van der Waals surface area contributed by atoms with Gasteiger partial charge in [0, 0.05) is 6.20 Å². The van der Waals surface area contributed by atoms with Gasteiger partial charge in [-0.1, -0.05) is 11.6 Å². The van der Waals surface area contributed by atoms with Crippen LogP contribution in [-0.4, -0.2) is 44.7 Å². The van der Waals surface area contributed by atoms with Crippen LogP contribution < -0.4 is 5.32 Å². The lowest BCUT2D eigenvalue weighted by Crippen LogP contribution is -2.36. The van der Waals surface area contributed by atoms with Crippen LogP contribution in [0, 0.1) is 12.8 Å². The second-order valence-electron chi connectivity index (χ2n) is 6.16. The Balaban J connectivity index is 2.16. The number of carbonyl (C=O) groups is 2. The number of pyridine rings is 1. The Hall–Kier alpha value is -1.99. The number of aromatic carboxylic acids is 1. The molecule has 1 saturated heterocycles. The summed E-state index contributed by atoms with van der Waals surface area (Å²) in [5.41, 5.74) is 0.972. The van der Waals surface area contributed by atoms with Crippen molar-refractivity contribution in [3.8, 4) is 0 Å². The molecule has 3 heterocycles. The van der Waals surface area contributed by atoms with E-state index in [1.807, 2.05) is 0 Å². The van der Waals surface area contributed by atoms with Crippen LogP contribution in [0.2, 0.25) is 5.02 Å². The minimum absolute atomic E-state index is 0.0199. The van der Waals surface area contributed by atoms with Gasteiger partial charge in [-0.2, -0.15) is 5.10 Å². The van der Waals surface area contributed by atoms with Gasteiger partial charge in [0.05, 0.1) is 21.7 Å². The van der Waals surface area contributed by atoms with Crippen molar-refractivity contribution in [1.29, 1.82) is 0 Å². The molecular formula is C16H19ClN4O3. The average Bonchev–Trinajstić information content (AvgIpc) is 2.86. The van der Waals surface area contributed by atoms with Crippen LogP contribution in [0.1, 0.15) is 41.9 Å². The van der Waals surface area contributed by atoms with E-state index in [4.69, 9.17) is 11.6 Å². The molecule has 7 nitrogen and oxygen atoms in total. The van der Waals surface area contributed by atoms with E-state index in [-0.39, 0.29) is 22.3 Å². The Morgan fingerprint density at radius 2 is 2.08 bits per heavy atom. The SMILES string of the molecule is CC(=O)C(C1CCNCC1)n1nc(C)c2c(Cl)c(C(=O)O)cnc21. The highest BCUT2D eigenvalue weighted by atomic mass is 35.5. The monoisotopic (exact) mass is 350 g/mol. The van der Waals surface area contributed by atoms with Gasteiger partial charge in [0.1, 0.15) is 6.04 Å². The number of Topliss-reactive ketones (excluding diaryl/α,β-unsaturated/α-hetero) is 1. The maximum Gasteiger partial charge on any atom is 0.338 e. The van der Waals surface area contributed by atoms with Gasteiger partial charge in [0.15, 0.2) is 11.4 Å². The molecule has 2 N–H and O–H groups in total. The molecule has 128 valence electrons. The number of carboxylic acids is 1. The van der Waals surface area contributed by atoms with Crippen LogP contribution in [0.25, 0.3) is 11.0 Å². The van der Waals surface area contributed by atoms with Gasteiger partial charge in [0.2, 0.25) is 0 Å². The van der Waals surface area contributed by atoms with Gasteiger partial charge in [-0.15, -0.1) is 0 Å². The number of nitrogens with zero attached hydrogens (tertiary/aromatic N) is 3. The van der Waals surface area contributed by atoms with Crippen molar-refractivity contribution in [1.82, 2.24) is 20.1 Å². The highest BCUT2D eigenvalue weighted by molar-refractivity contribution is 6.38. The van der Waals surface area contributed by atoms with E-state index in [1.54, 1.807) is 18.5 Å². The third-order valence-corrected chi connectivity index (χ3v) is 4.97. The van der Waals surface area contributed by atoms with Crippen LogP contribution in [-0.2, 0) is 4.79 Å². The second kappa shape index (κ2) is 6.49. The predicted octanol–water partition coefficient (Wildman–Crippen LogP) is 2.22. The van der Waals surface area contributed by atoms with Crippen LogP contribution in [0.5, 0.6) is 0 Å². The highest BCUT2D eigenvalue weighted by Gasteiger charge is 2.32. The van der Waals surface area contributed by atoms with Gasteiger partial charge in [-0.3, -0.25) is 4.79 Å². The van der Waals surface area contributed by atoms with Gasteiger partial charge >= 0.3 is 5.97 Å². The van der Waals surface area contributed by atoms with E-state index < -0.39 is 12.0 Å². The number of aromatic nitrogens is 3. The number of piperidine rings is 1. The summed E-state index contributed by atoms with van der Waals surface area (Å²) in [6.45, 7) is 5.04. The molecule has 1 aliphatic heterocycles. The molecular weight excluding hydrogens is 332 g/mol. The first kappa shape index (κ1) is 16.9. The van der Waals surface area contributed by atoms with Gasteiger partial charge in [0.25, 0.3) is 0 Å². The fourth-order valence-corrected chi connectivity index (χ4v) is 3.79. The quantitative estimate of drug-likeness (QED) is 0.877. The number of nitrogens with one attached hydrogen (secondary N) is 1. The third-order valence-electron chi connectivity index (χ3n) is 4.57. The maximum atomic E-state index is 12.3. The zero-order chi connectivity index (χ0) is 17.4. The number of hydrogen-bond donors (Lipinski definition) is 2. The van der Waals surface area contributed by atoms with Crippen LogP contribution in [0.4, 0.5) is 0 Å². The molecule has 0 aliphatic carbocycles. The van der Waals surface area contributed by atoms with Crippen molar-refractivity contribution in [2.24, 2.45) is 5.92 Å². The molecule has 0 spiro atoms. The van der Waals surface area contributed by atoms with Crippen molar-refractivity contribution in [3.05, 3.63) is 22.5 Å². The van der Waals surface area contributed by atoms with Crippen molar-refractivity contribution in [2.75, 3.05) is 13.1 Å². The molecule has 0 amide bonds. The van der Waals surface area contributed by atoms with E-state index in [9.17, 15) is 14.7 Å². The molecule has 1 aliphatic rings. The average molecular weight is 351 g/mol. The molecule has 3 rings (SSSR count). The van der Waals surface area contributed by atoms with Crippen molar-refractivity contribution >= 4 is 34.4 Å². The molecule has 24 heavy (non-hydrogen) atoms. The molecule has 1 fully saturated rings. The normalized spacial score (nSPS) is 17.1. The van der Waals surface area contributed by atoms with Crippen LogP contribution in [0.3, 0.4) is 0 Å². The number of rotatable bonds is 4. The molecule has 1 atom stereocenters. The smallest absolute Gasteiger partial charge is 0.338 e. The summed E-state index contributed by atoms with van der Waals surface area (Å²) in [5, 5.41) is 17.6. The third kappa shape index (κ3) is 2.78. The molecule has 0 saturated carbocycles. The largest absolute Gasteiger partial charge is 0.478 e. The van der Waals surface area contributed by atoms with Gasteiger partial charge in [-0.05, 0) is 45.7 Å². The summed E-state index contributed by atoms with van der Waals surface area (Å²) in [5.74, 6) is -0.944. The first-order valence-electron chi connectivity index (χ1n) is 7.89. The maximum absolute atomic E-state index is 12.3. The van der Waals surface area contributed by atoms with Crippen molar-refractivity contribution in [3.63, 3.8) is 0 Å². The topological polar surface area (TPSA) is 97.1 Å². The molecule has 0 bridgehead atoms. The Kier molecular flexibility index (Phi) is 4.56. The Morgan fingerprint density at radius 1 is 1.42 bits per heavy atom. The van der Waals surface area contributed by atoms with Crippen molar-refractivity contribution in [2.45, 2.75) is 32.7 Å². The number of carboxylic acid groups (broad SMARTS) is 1. The summed E-state index contributed by atoms with van der Waals surface area (Å²) in [4.78, 5) is 27.8. The van der Waals surface area contributed by atoms with E-state index in [1.165, 1.54) is 6.20 Å². The lowest BCUT2D eigenvalue weighted by Gasteiger charge is -2.29. The van der Waals surface area contributed by atoms with E-state index in [0.717, 1.165) is 25.9 Å². The van der Waals surface area contributed by atoms with E-state index in [0.29, 0.717) is 16.7 Å². The molecule has 1 unspecified atom stereocenters. The summed E-state index contributed by atoms with van der Waals surface area (Å²) in [6.07, 6.45) is 2.99. The Morgan fingerprint density at radius 3 is 2.67 bits per heavy atom. The molecule has 2 aromatic rings. The summed E-state index contributed by atoms with van der Waals surface area (Å²) in [6, 6.07) is -0.414. The highest BCUT2D eigenvalue weighted by Crippen LogP contribution is 2.34. The predicted molar refractivity (Wildman–Crippen MR) is 89.5 cm³/mol. The summed E-state index contributed by atoms with van der Waals surface area (Å²) < 4.78 is 1.63. The lowest BCUT2D eigenvalue weighted by molar-refractivity contribution is -0.122. The number of aryl methyl sites for hydroxylation is 1. The lowest BCUT2D eigenvalue weighted by atomic mass is 9.88. The van der Waals surface area contributed by atoms with Crippen molar-refractivity contribution < 1.29 is 14.7 Å². The summed E-state index contributed by atoms with van der Waals surface area (Å²) in [7, 11) is 0. The molecule has 0 radical (unpaired) electrons. The Bertz CT molecular complexity index is 811. The van der Waals surface area contributed by atoms with E-state index >= 15 is 0 Å². The van der Waals surface area contributed by atoms with Crippen LogP contribution >= 0.6 is 11.6 Å². The summed E-state index contributed by atoms with van der Waals surface area (Å²) >= 11 is 6.26. The van der Waals surface area contributed by atoms with Crippen LogP contribution in [0.15, 0.2) is 6.20 Å². The number of fused-ring (bicyclic) bond motifs is 1. The minimum atomic E-state index is -1.14. The fraction of sp³-hybridized carbons (Fsp3) is 0.500. The second-order valence-corrected chi connectivity index (χ2v) is 6.54. The molecule has 2 aromatic heterocycles. The molecule has 0 aromatic carbocycles. The standard InChI is InChI=1S/C16H19ClN4O3/c1-8-12-13(17)11(16(23)24)7-19-15(12)21(20-8)14(9(2)22)10-3-5-18-6-4-10/h7,10,14,18H,3-6H2,1-2H3,(H,23,24).